The Hall–Kier alpha value is -1.89. The van der Waals surface area contributed by atoms with E-state index in [0.29, 0.717) is 21.3 Å². The highest BCUT2D eigenvalue weighted by Crippen LogP contribution is 2.37. The van der Waals surface area contributed by atoms with Crippen LogP contribution in [-0.4, -0.2) is 59.0 Å². The van der Waals surface area contributed by atoms with Crippen LogP contribution in [0.25, 0.3) is 11.3 Å². The number of benzene rings is 1. The number of aromatic nitrogens is 2. The van der Waals surface area contributed by atoms with E-state index in [0.717, 1.165) is 25.1 Å². The Labute approximate surface area is 169 Å². The summed E-state index contributed by atoms with van der Waals surface area (Å²) < 4.78 is 0. The van der Waals surface area contributed by atoms with Gasteiger partial charge in [0.25, 0.3) is 0 Å². The van der Waals surface area contributed by atoms with Crippen LogP contribution in [0.2, 0.25) is 10.0 Å². The van der Waals surface area contributed by atoms with Crippen molar-refractivity contribution in [2.24, 2.45) is 0 Å². The van der Waals surface area contributed by atoms with Crippen LogP contribution in [0.4, 0.5) is 4.79 Å². The number of nitrogens with one attached hydrogen (secondary N) is 1. The van der Waals surface area contributed by atoms with E-state index in [4.69, 9.17) is 23.2 Å². The topological polar surface area (TPSA) is 61.4 Å². The second kappa shape index (κ2) is 8.42. The van der Waals surface area contributed by atoms with Crippen LogP contribution in [0.3, 0.4) is 0 Å². The minimum Gasteiger partial charge on any atom is -0.331 e. The summed E-state index contributed by atoms with van der Waals surface area (Å²) in [7, 11) is 3.90. The molecule has 27 heavy (non-hydrogen) atoms. The van der Waals surface area contributed by atoms with Gasteiger partial charge < -0.3 is 15.1 Å². The molecule has 3 rings (SSSR count). The Morgan fingerprint density at radius 2 is 2.11 bits per heavy atom. The maximum Gasteiger partial charge on any atom is 0.317 e. The van der Waals surface area contributed by atoms with E-state index in [-0.39, 0.29) is 18.1 Å². The molecule has 2 heterocycles. The lowest BCUT2D eigenvalue weighted by molar-refractivity contribution is 0.187. The van der Waals surface area contributed by atoms with Gasteiger partial charge in [0.1, 0.15) is 0 Å². The van der Waals surface area contributed by atoms with Crippen LogP contribution in [-0.2, 0) is 0 Å². The molecule has 1 saturated heterocycles. The summed E-state index contributed by atoms with van der Waals surface area (Å²) in [5, 5.41) is 3.83. The second-order valence-electron chi connectivity index (χ2n) is 6.91. The van der Waals surface area contributed by atoms with Gasteiger partial charge in [0.2, 0.25) is 0 Å². The van der Waals surface area contributed by atoms with Gasteiger partial charge >= 0.3 is 6.03 Å². The van der Waals surface area contributed by atoms with Crippen LogP contribution in [0.15, 0.2) is 30.7 Å². The fourth-order valence-electron chi connectivity index (χ4n) is 3.29. The van der Waals surface area contributed by atoms with E-state index in [1.807, 2.05) is 26.1 Å². The van der Waals surface area contributed by atoms with Crippen molar-refractivity contribution < 1.29 is 4.79 Å². The number of carbonyl (C=O) groups is 1. The molecule has 1 N–H and O–H groups in total. The van der Waals surface area contributed by atoms with Crippen molar-refractivity contribution in [2.75, 3.05) is 27.2 Å². The minimum atomic E-state index is -0.278. The number of hydrogen-bond donors (Lipinski definition) is 1. The van der Waals surface area contributed by atoms with Crippen molar-refractivity contribution in [3.63, 3.8) is 0 Å². The van der Waals surface area contributed by atoms with Crippen molar-refractivity contribution in [1.29, 1.82) is 0 Å². The molecule has 1 fully saturated rings. The van der Waals surface area contributed by atoms with Gasteiger partial charge in [-0.25, -0.2) is 4.79 Å². The van der Waals surface area contributed by atoms with Crippen molar-refractivity contribution in [3.05, 3.63) is 46.3 Å². The first kappa shape index (κ1) is 19.9. The molecule has 0 radical (unpaired) electrons. The first-order valence-corrected chi connectivity index (χ1v) is 9.60. The average Bonchev–Trinajstić information content (AvgIpc) is 3.10. The smallest absolute Gasteiger partial charge is 0.317 e. The Balaban J connectivity index is 1.74. The van der Waals surface area contributed by atoms with Gasteiger partial charge in [0.05, 0.1) is 28.0 Å². The molecule has 8 heteroatoms. The fourth-order valence-corrected chi connectivity index (χ4v) is 3.89. The van der Waals surface area contributed by atoms with Gasteiger partial charge in [-0.2, -0.15) is 0 Å². The molecule has 0 bridgehead atoms. The lowest BCUT2D eigenvalue weighted by Crippen LogP contribution is -2.45. The Kier molecular flexibility index (Phi) is 6.19. The van der Waals surface area contributed by atoms with Gasteiger partial charge in [-0.3, -0.25) is 9.97 Å². The third-order valence-corrected chi connectivity index (χ3v) is 5.89. The van der Waals surface area contributed by atoms with E-state index in [1.54, 1.807) is 23.5 Å². The highest BCUT2D eigenvalue weighted by molar-refractivity contribution is 6.44. The predicted molar refractivity (Wildman–Crippen MR) is 108 cm³/mol. The Bertz CT molecular complexity index is 817. The molecule has 1 aromatic carbocycles. The zero-order valence-corrected chi connectivity index (χ0v) is 17.1. The maximum absolute atomic E-state index is 12.6. The number of halogens is 2. The van der Waals surface area contributed by atoms with Gasteiger partial charge in [0, 0.05) is 37.6 Å². The molecular weight excluding hydrogens is 385 g/mol. The summed E-state index contributed by atoms with van der Waals surface area (Å²) in [4.78, 5) is 24.9. The summed E-state index contributed by atoms with van der Waals surface area (Å²) in [6.07, 6.45) is 5.82. The molecule has 0 aliphatic carbocycles. The highest BCUT2D eigenvalue weighted by Gasteiger charge is 2.27. The summed E-state index contributed by atoms with van der Waals surface area (Å²) in [5.74, 6) is 0. The van der Waals surface area contributed by atoms with Gasteiger partial charge in [-0.05, 0) is 32.5 Å². The first-order valence-electron chi connectivity index (χ1n) is 8.84. The average molecular weight is 408 g/mol. The van der Waals surface area contributed by atoms with E-state index in [2.05, 4.69) is 27.2 Å². The van der Waals surface area contributed by atoms with E-state index in [9.17, 15) is 4.79 Å². The second-order valence-corrected chi connectivity index (χ2v) is 7.66. The third kappa shape index (κ3) is 4.34. The van der Waals surface area contributed by atoms with Gasteiger partial charge in [0.15, 0.2) is 0 Å². The molecule has 144 valence electrons. The van der Waals surface area contributed by atoms with E-state index >= 15 is 0 Å². The molecule has 1 aliphatic heterocycles. The van der Waals surface area contributed by atoms with Crippen molar-refractivity contribution in [1.82, 2.24) is 25.1 Å². The molecule has 1 aliphatic rings. The molecule has 0 spiro atoms. The summed E-state index contributed by atoms with van der Waals surface area (Å²) in [6.45, 7) is 3.78. The van der Waals surface area contributed by atoms with Crippen LogP contribution < -0.4 is 5.32 Å². The molecular formula is C19H23Cl2N5O. The molecule has 6 nitrogen and oxygen atoms in total. The summed E-state index contributed by atoms with van der Waals surface area (Å²) >= 11 is 13.0. The number of rotatable bonds is 4. The third-order valence-electron chi connectivity index (χ3n) is 4.99. The van der Waals surface area contributed by atoms with Crippen molar-refractivity contribution >= 4 is 29.2 Å². The number of urea groups is 1. The number of likely N-dealkylation sites (N-methyl/N-ethyl adjacent to an activating group) is 2. The lowest BCUT2D eigenvalue weighted by Gasteiger charge is -2.27. The fraction of sp³-hybridized carbons (Fsp3) is 0.421. The van der Waals surface area contributed by atoms with Crippen LogP contribution >= 0.6 is 23.2 Å². The largest absolute Gasteiger partial charge is 0.331 e. The number of likely N-dealkylation sites (tertiary alicyclic amines) is 1. The van der Waals surface area contributed by atoms with Crippen LogP contribution in [0.5, 0.6) is 0 Å². The molecule has 2 aromatic rings. The molecule has 1 aromatic heterocycles. The molecule has 0 saturated carbocycles. The SMILES string of the molecule is CC(NC(=O)N(C)C1CCN(C)C1)c1ccc(-c2cnccn2)c(Cl)c1Cl. The number of carbonyl (C=O) groups excluding carboxylic acids is 1. The van der Waals surface area contributed by atoms with Gasteiger partial charge in [-0.1, -0.05) is 35.3 Å². The Morgan fingerprint density at radius 3 is 2.74 bits per heavy atom. The molecule has 2 unspecified atom stereocenters. The summed E-state index contributed by atoms with van der Waals surface area (Å²) in [5.41, 5.74) is 2.13. The first-order chi connectivity index (χ1) is 12.9. The van der Waals surface area contributed by atoms with E-state index < -0.39 is 0 Å². The predicted octanol–water partition coefficient (Wildman–Crippen LogP) is 3.86. The highest BCUT2D eigenvalue weighted by atomic mass is 35.5. The molecule has 2 amide bonds. The number of amides is 2. The Morgan fingerprint density at radius 1 is 1.33 bits per heavy atom. The van der Waals surface area contributed by atoms with Crippen molar-refractivity contribution in [2.45, 2.75) is 25.4 Å². The van der Waals surface area contributed by atoms with E-state index in [1.165, 1.54) is 0 Å². The quantitative estimate of drug-likeness (QED) is 0.835. The van der Waals surface area contributed by atoms with Crippen LogP contribution in [0.1, 0.15) is 24.9 Å². The standard InChI is InChI=1S/C19H23Cl2N5O/c1-12(24-19(27)26(3)13-6-9-25(2)11-13)14-4-5-15(18(21)17(14)20)16-10-22-7-8-23-16/h4-5,7-8,10,12-13H,6,9,11H2,1-3H3,(H,24,27). The normalized spacial score (nSPS) is 18.3. The lowest BCUT2D eigenvalue weighted by atomic mass is 10.0. The number of hydrogen-bond acceptors (Lipinski definition) is 4. The minimum absolute atomic E-state index is 0.118. The maximum atomic E-state index is 12.6. The molecule has 2 atom stereocenters. The summed E-state index contributed by atoms with van der Waals surface area (Å²) in [6, 6.07) is 3.55. The zero-order chi connectivity index (χ0) is 19.6. The monoisotopic (exact) mass is 407 g/mol. The zero-order valence-electron chi connectivity index (χ0n) is 15.6. The number of nitrogens with zero attached hydrogens (tertiary/aromatic N) is 4. The van der Waals surface area contributed by atoms with Crippen LogP contribution in [0, 0.1) is 0 Å². The van der Waals surface area contributed by atoms with Crippen molar-refractivity contribution in [3.8, 4) is 11.3 Å². The van der Waals surface area contributed by atoms with Gasteiger partial charge in [-0.15, -0.1) is 0 Å².